The van der Waals surface area contributed by atoms with E-state index in [9.17, 15) is 13.2 Å². The highest BCUT2D eigenvalue weighted by molar-refractivity contribution is 7.92. The van der Waals surface area contributed by atoms with Crippen molar-refractivity contribution >= 4 is 45.0 Å². The monoisotopic (exact) mass is 568 g/mol. The highest BCUT2D eigenvalue weighted by atomic mass is 35.5. The molecule has 1 aliphatic rings. The zero-order chi connectivity index (χ0) is 26.9. The van der Waals surface area contributed by atoms with Crippen LogP contribution >= 0.6 is 23.2 Å². The van der Waals surface area contributed by atoms with Crippen LogP contribution in [0.3, 0.4) is 0 Å². The minimum absolute atomic E-state index is 0.245. The Hall–Kier alpha value is -3.33. The second-order valence-electron chi connectivity index (χ2n) is 9.19. The number of amides is 1. The predicted octanol–water partition coefficient (Wildman–Crippen LogP) is 5.96. The maximum Gasteiger partial charge on any atom is 0.326 e. The molecule has 4 aromatic rings. The summed E-state index contributed by atoms with van der Waals surface area (Å²) in [5.74, 6) is 0.238. The molecule has 0 spiro atoms. The van der Waals surface area contributed by atoms with Crippen LogP contribution in [0.5, 0.6) is 0 Å². The minimum Gasteiger partial charge on any atom is -0.303 e. The van der Waals surface area contributed by atoms with Crippen LogP contribution in [0.4, 0.5) is 5.69 Å². The number of unbranched alkanes of at least 4 members (excludes halogenated alkanes) is 1. The topological polar surface area (TPSA) is 84.3 Å². The van der Waals surface area contributed by atoms with Crippen LogP contribution in [0.1, 0.15) is 36.7 Å². The van der Waals surface area contributed by atoms with Crippen molar-refractivity contribution in [1.82, 2.24) is 14.3 Å². The van der Waals surface area contributed by atoms with Crippen molar-refractivity contribution in [3.8, 4) is 16.9 Å². The molecular weight excluding hydrogens is 543 g/mol. The molecule has 5 rings (SSSR count). The number of hydrogen-bond acceptors (Lipinski definition) is 4. The van der Waals surface area contributed by atoms with Gasteiger partial charge < -0.3 is 4.57 Å². The zero-order valence-corrected chi connectivity index (χ0v) is 23.0. The molecule has 1 aliphatic heterocycles. The molecule has 1 saturated heterocycles. The van der Waals surface area contributed by atoms with Gasteiger partial charge in [-0.25, -0.2) is 14.0 Å². The Labute approximate surface area is 232 Å². The van der Waals surface area contributed by atoms with Gasteiger partial charge in [-0.2, -0.15) is 8.42 Å². The van der Waals surface area contributed by atoms with E-state index in [0.29, 0.717) is 27.8 Å². The van der Waals surface area contributed by atoms with Crippen LogP contribution in [0.15, 0.2) is 72.9 Å². The second-order valence-corrected chi connectivity index (χ2v) is 11.6. The van der Waals surface area contributed by atoms with Gasteiger partial charge in [0.1, 0.15) is 12.4 Å². The Morgan fingerprint density at radius 2 is 1.63 bits per heavy atom. The Balaban J connectivity index is 1.50. The molecule has 0 aliphatic carbocycles. The van der Waals surface area contributed by atoms with Crippen LogP contribution in [0.25, 0.3) is 16.9 Å². The van der Waals surface area contributed by atoms with Gasteiger partial charge in [0.2, 0.25) is 0 Å². The van der Waals surface area contributed by atoms with Crippen LogP contribution in [-0.2, 0) is 27.8 Å². The molecule has 7 nitrogen and oxygen atoms in total. The van der Waals surface area contributed by atoms with Gasteiger partial charge in [0.15, 0.2) is 0 Å². The first-order valence-corrected chi connectivity index (χ1v) is 14.5. The molecular formula is C28H26Cl2N4O3S. The molecule has 1 N–H and O–H groups in total. The average Bonchev–Trinajstić information content (AvgIpc) is 3.42. The SMILES string of the molecule is CCCCc1ccc(Cc2nc(-c3ccc(Cl)cc3Cl)cn2-c2ccc(N3CC(=O)NS3(=O)=O)cc2)cc1. The third-order valence-corrected chi connectivity index (χ3v) is 8.38. The summed E-state index contributed by atoms with van der Waals surface area (Å²) in [4.78, 5) is 16.6. The van der Waals surface area contributed by atoms with Crippen molar-refractivity contribution in [2.45, 2.75) is 32.6 Å². The summed E-state index contributed by atoms with van der Waals surface area (Å²) < 4.78 is 29.5. The largest absolute Gasteiger partial charge is 0.326 e. The number of anilines is 1. The smallest absolute Gasteiger partial charge is 0.303 e. The van der Waals surface area contributed by atoms with Crippen molar-refractivity contribution in [1.29, 1.82) is 0 Å². The molecule has 3 aromatic carbocycles. The first kappa shape index (κ1) is 26.3. The third-order valence-electron chi connectivity index (χ3n) is 6.43. The van der Waals surface area contributed by atoms with E-state index in [2.05, 4.69) is 31.2 Å². The molecule has 0 bridgehead atoms. The normalized spacial score (nSPS) is 14.6. The lowest BCUT2D eigenvalue weighted by Crippen LogP contribution is -2.29. The summed E-state index contributed by atoms with van der Waals surface area (Å²) >= 11 is 12.6. The summed E-state index contributed by atoms with van der Waals surface area (Å²) in [6, 6.07) is 20.8. The van der Waals surface area contributed by atoms with Crippen molar-refractivity contribution in [2.24, 2.45) is 0 Å². The standard InChI is InChI=1S/C28H26Cl2N4O3S/c1-2-3-4-19-5-7-20(8-6-19)15-27-31-26(24-14-9-21(29)16-25(24)30)17-33(27)22-10-12-23(13-11-22)34-18-28(35)32-38(34,36)37/h5-14,16-17H,2-4,15,18H2,1H3,(H,32,35). The highest BCUT2D eigenvalue weighted by Crippen LogP contribution is 2.32. The first-order valence-electron chi connectivity index (χ1n) is 12.3. The number of nitrogens with zero attached hydrogens (tertiary/aromatic N) is 3. The molecule has 0 atom stereocenters. The summed E-state index contributed by atoms with van der Waals surface area (Å²) in [7, 11) is -3.88. The van der Waals surface area contributed by atoms with E-state index in [1.54, 1.807) is 36.4 Å². The van der Waals surface area contributed by atoms with E-state index in [0.717, 1.165) is 46.2 Å². The summed E-state index contributed by atoms with van der Waals surface area (Å²) in [6.07, 6.45) is 5.87. The molecule has 1 fully saturated rings. The number of hydrogen-bond donors (Lipinski definition) is 1. The molecule has 10 heteroatoms. The lowest BCUT2D eigenvalue weighted by molar-refractivity contribution is -0.117. The van der Waals surface area contributed by atoms with Crippen LogP contribution < -0.4 is 9.03 Å². The number of nitrogens with one attached hydrogen (secondary N) is 1. The van der Waals surface area contributed by atoms with Gasteiger partial charge in [-0.1, -0.05) is 60.8 Å². The number of aryl methyl sites for hydroxylation is 1. The molecule has 38 heavy (non-hydrogen) atoms. The Kier molecular flexibility index (Phi) is 7.47. The zero-order valence-electron chi connectivity index (χ0n) is 20.7. The van der Waals surface area contributed by atoms with E-state index in [4.69, 9.17) is 28.2 Å². The Morgan fingerprint density at radius 1 is 0.947 bits per heavy atom. The Morgan fingerprint density at radius 3 is 2.26 bits per heavy atom. The number of carbonyl (C=O) groups excluding carboxylic acids is 1. The fraction of sp³-hybridized carbons (Fsp3) is 0.214. The number of aromatic nitrogens is 2. The predicted molar refractivity (Wildman–Crippen MR) is 151 cm³/mol. The fourth-order valence-electron chi connectivity index (χ4n) is 4.44. The highest BCUT2D eigenvalue weighted by Gasteiger charge is 2.33. The van der Waals surface area contributed by atoms with Crippen LogP contribution in [-0.4, -0.2) is 30.4 Å². The molecule has 0 unspecified atom stereocenters. The molecule has 2 heterocycles. The summed E-state index contributed by atoms with van der Waals surface area (Å²) in [5, 5.41) is 1.04. The number of rotatable bonds is 8. The lowest BCUT2D eigenvalue weighted by atomic mass is 10.0. The van der Waals surface area contributed by atoms with E-state index in [-0.39, 0.29) is 6.54 Å². The maximum atomic E-state index is 12.2. The quantitative estimate of drug-likeness (QED) is 0.284. The van der Waals surface area contributed by atoms with Gasteiger partial charge in [0.05, 0.1) is 16.4 Å². The van der Waals surface area contributed by atoms with Gasteiger partial charge in [0, 0.05) is 28.9 Å². The van der Waals surface area contributed by atoms with Gasteiger partial charge in [0.25, 0.3) is 5.91 Å². The molecule has 1 amide bonds. The molecule has 0 radical (unpaired) electrons. The van der Waals surface area contributed by atoms with Crippen molar-refractivity contribution in [2.75, 3.05) is 10.8 Å². The van der Waals surface area contributed by atoms with Gasteiger partial charge in [-0.3, -0.25) is 4.79 Å². The van der Waals surface area contributed by atoms with Crippen molar-refractivity contribution < 1.29 is 13.2 Å². The van der Waals surface area contributed by atoms with E-state index >= 15 is 0 Å². The lowest BCUT2D eigenvalue weighted by Gasteiger charge is -2.15. The van der Waals surface area contributed by atoms with Gasteiger partial charge in [-0.05, 0) is 66.4 Å². The summed E-state index contributed by atoms with van der Waals surface area (Å²) in [5.41, 5.74) is 5.08. The van der Waals surface area contributed by atoms with E-state index < -0.39 is 16.1 Å². The third kappa shape index (κ3) is 5.57. The number of carbonyl (C=O) groups is 1. The van der Waals surface area contributed by atoms with Crippen molar-refractivity contribution in [3.63, 3.8) is 0 Å². The van der Waals surface area contributed by atoms with Gasteiger partial charge in [-0.15, -0.1) is 0 Å². The second kappa shape index (κ2) is 10.8. The Bertz CT molecular complexity index is 1580. The van der Waals surface area contributed by atoms with Crippen LogP contribution in [0, 0.1) is 0 Å². The van der Waals surface area contributed by atoms with Crippen molar-refractivity contribution in [3.05, 3.63) is 99.9 Å². The molecule has 196 valence electrons. The molecule has 1 aromatic heterocycles. The summed E-state index contributed by atoms with van der Waals surface area (Å²) in [6.45, 7) is 1.94. The van der Waals surface area contributed by atoms with Gasteiger partial charge >= 0.3 is 10.2 Å². The fourth-order valence-corrected chi connectivity index (χ4v) is 6.09. The average molecular weight is 570 g/mol. The van der Waals surface area contributed by atoms with E-state index in [1.165, 1.54) is 5.56 Å². The van der Waals surface area contributed by atoms with Crippen LogP contribution in [0.2, 0.25) is 10.0 Å². The number of imidazole rings is 1. The molecule has 0 saturated carbocycles. The number of benzene rings is 3. The number of halogens is 2. The first-order chi connectivity index (χ1) is 18.2. The maximum absolute atomic E-state index is 12.2. The van der Waals surface area contributed by atoms with E-state index in [1.807, 2.05) is 21.6 Å². The minimum atomic E-state index is -3.88.